The molecule has 2 rings (SSSR count). The number of carbonyl (C=O) groups is 1. The average molecular weight is 335 g/mol. The summed E-state index contributed by atoms with van der Waals surface area (Å²) in [4.78, 5) is 12.2. The van der Waals surface area contributed by atoms with Gasteiger partial charge in [0.05, 0.1) is 12.3 Å². The van der Waals surface area contributed by atoms with Crippen molar-refractivity contribution in [3.63, 3.8) is 0 Å². The largest absolute Gasteiger partial charge is 0.494 e. The Hall–Kier alpha value is -2.01. The van der Waals surface area contributed by atoms with E-state index in [4.69, 9.17) is 10.5 Å². The normalized spacial score (nSPS) is 10.1. The molecule has 0 spiro atoms. The lowest BCUT2D eigenvalue weighted by molar-refractivity contribution is 0.102. The van der Waals surface area contributed by atoms with Crippen molar-refractivity contribution in [1.29, 1.82) is 0 Å². The maximum atomic E-state index is 12.2. The third-order valence-corrected chi connectivity index (χ3v) is 3.30. The van der Waals surface area contributed by atoms with E-state index in [0.29, 0.717) is 29.3 Å². The number of nitrogens with two attached hydrogens (primary N) is 1. The molecular weight excluding hydrogens is 320 g/mol. The van der Waals surface area contributed by atoms with Gasteiger partial charge in [0.2, 0.25) is 0 Å². The molecule has 1 amide bonds. The number of ether oxygens (including phenoxy) is 1. The molecule has 2 aromatic carbocycles. The van der Waals surface area contributed by atoms with Gasteiger partial charge >= 0.3 is 0 Å². The lowest BCUT2D eigenvalue weighted by atomic mass is 10.2. The molecule has 4 nitrogen and oxygen atoms in total. The van der Waals surface area contributed by atoms with Crippen LogP contribution < -0.4 is 15.8 Å². The number of amides is 1. The van der Waals surface area contributed by atoms with Crippen LogP contribution in [0.25, 0.3) is 0 Å². The molecule has 0 atom stereocenters. The molecule has 0 fully saturated rings. The van der Waals surface area contributed by atoms with Crippen molar-refractivity contribution in [1.82, 2.24) is 0 Å². The summed E-state index contributed by atoms with van der Waals surface area (Å²) in [5.74, 6) is 0.480. The molecule has 104 valence electrons. The van der Waals surface area contributed by atoms with Crippen LogP contribution in [0.5, 0.6) is 5.75 Å². The number of benzene rings is 2. The number of hydrogen-bond donors (Lipinski definition) is 2. The van der Waals surface area contributed by atoms with Crippen molar-refractivity contribution >= 4 is 33.2 Å². The third kappa shape index (κ3) is 3.51. The zero-order valence-electron chi connectivity index (χ0n) is 11.0. The SMILES string of the molecule is CCOc1cccc(C(=O)Nc2ccc(N)cc2Br)c1. The first-order valence-electron chi connectivity index (χ1n) is 6.19. The average Bonchev–Trinajstić information content (AvgIpc) is 2.42. The van der Waals surface area contributed by atoms with Crippen LogP contribution in [0.1, 0.15) is 17.3 Å². The predicted molar refractivity (Wildman–Crippen MR) is 84.1 cm³/mol. The van der Waals surface area contributed by atoms with Gasteiger partial charge in [-0.25, -0.2) is 0 Å². The van der Waals surface area contributed by atoms with Gasteiger partial charge in [0.1, 0.15) is 5.75 Å². The monoisotopic (exact) mass is 334 g/mol. The van der Waals surface area contributed by atoms with Crippen LogP contribution in [0.4, 0.5) is 11.4 Å². The highest BCUT2D eigenvalue weighted by Gasteiger charge is 2.09. The molecule has 3 N–H and O–H groups in total. The fraction of sp³-hybridized carbons (Fsp3) is 0.133. The van der Waals surface area contributed by atoms with Gasteiger partial charge < -0.3 is 15.8 Å². The molecule has 0 bridgehead atoms. The summed E-state index contributed by atoms with van der Waals surface area (Å²) in [5, 5.41) is 2.83. The minimum absolute atomic E-state index is 0.197. The Morgan fingerprint density at radius 3 is 2.80 bits per heavy atom. The maximum absolute atomic E-state index is 12.2. The molecule has 20 heavy (non-hydrogen) atoms. The Bertz CT molecular complexity index is 629. The highest BCUT2D eigenvalue weighted by Crippen LogP contribution is 2.25. The van der Waals surface area contributed by atoms with Gasteiger partial charge in [-0.1, -0.05) is 6.07 Å². The van der Waals surface area contributed by atoms with E-state index in [1.54, 1.807) is 36.4 Å². The first kappa shape index (κ1) is 14.4. The Kier molecular flexibility index (Phi) is 4.63. The lowest BCUT2D eigenvalue weighted by Crippen LogP contribution is -2.12. The second kappa shape index (κ2) is 6.43. The number of nitrogens with one attached hydrogen (secondary N) is 1. The van der Waals surface area contributed by atoms with Gasteiger partial charge in [-0.05, 0) is 59.3 Å². The molecule has 0 unspecified atom stereocenters. The molecule has 0 saturated heterocycles. The number of anilines is 2. The van der Waals surface area contributed by atoms with E-state index in [1.807, 2.05) is 13.0 Å². The molecule has 0 aliphatic heterocycles. The summed E-state index contributed by atoms with van der Waals surface area (Å²) in [5.41, 5.74) is 7.51. The molecular formula is C15H15BrN2O2. The van der Waals surface area contributed by atoms with E-state index >= 15 is 0 Å². The van der Waals surface area contributed by atoms with E-state index in [-0.39, 0.29) is 5.91 Å². The van der Waals surface area contributed by atoms with Crippen LogP contribution in [0.15, 0.2) is 46.9 Å². The second-order valence-corrected chi connectivity index (χ2v) is 5.01. The number of hydrogen-bond acceptors (Lipinski definition) is 3. The number of rotatable bonds is 4. The van der Waals surface area contributed by atoms with Crippen molar-refractivity contribution < 1.29 is 9.53 Å². The quantitative estimate of drug-likeness (QED) is 0.838. The van der Waals surface area contributed by atoms with Crippen LogP contribution in [0.3, 0.4) is 0 Å². The van der Waals surface area contributed by atoms with Crippen LogP contribution in [0, 0.1) is 0 Å². The number of carbonyl (C=O) groups excluding carboxylic acids is 1. The lowest BCUT2D eigenvalue weighted by Gasteiger charge is -2.09. The molecule has 0 heterocycles. The van der Waals surface area contributed by atoms with Crippen LogP contribution in [0.2, 0.25) is 0 Å². The first-order valence-corrected chi connectivity index (χ1v) is 6.98. The molecule has 5 heteroatoms. The van der Waals surface area contributed by atoms with Crippen molar-refractivity contribution in [2.45, 2.75) is 6.92 Å². The minimum atomic E-state index is -0.197. The Labute approximate surface area is 126 Å². The highest BCUT2D eigenvalue weighted by atomic mass is 79.9. The van der Waals surface area contributed by atoms with Gasteiger partial charge in [0, 0.05) is 15.7 Å². The first-order chi connectivity index (χ1) is 9.60. The maximum Gasteiger partial charge on any atom is 0.255 e. The Balaban J connectivity index is 2.17. The predicted octanol–water partition coefficient (Wildman–Crippen LogP) is 3.68. The summed E-state index contributed by atoms with van der Waals surface area (Å²) in [6.07, 6.45) is 0. The fourth-order valence-corrected chi connectivity index (χ4v) is 2.22. The molecule has 0 radical (unpaired) electrons. The van der Waals surface area contributed by atoms with Crippen LogP contribution >= 0.6 is 15.9 Å². The summed E-state index contributed by atoms with van der Waals surface area (Å²) in [6.45, 7) is 2.47. The van der Waals surface area contributed by atoms with Crippen LogP contribution in [-0.2, 0) is 0 Å². The van der Waals surface area contributed by atoms with E-state index in [0.717, 1.165) is 4.47 Å². The van der Waals surface area contributed by atoms with Crippen LogP contribution in [-0.4, -0.2) is 12.5 Å². The Morgan fingerprint density at radius 2 is 2.10 bits per heavy atom. The summed E-state index contributed by atoms with van der Waals surface area (Å²) < 4.78 is 6.12. The number of halogens is 1. The van der Waals surface area contributed by atoms with E-state index in [1.165, 1.54) is 0 Å². The van der Waals surface area contributed by atoms with Crippen molar-refractivity contribution in [3.8, 4) is 5.75 Å². The van der Waals surface area contributed by atoms with Crippen molar-refractivity contribution in [2.75, 3.05) is 17.7 Å². The zero-order valence-corrected chi connectivity index (χ0v) is 12.6. The highest BCUT2D eigenvalue weighted by molar-refractivity contribution is 9.10. The molecule has 0 aliphatic carbocycles. The summed E-state index contributed by atoms with van der Waals surface area (Å²) >= 11 is 3.37. The van der Waals surface area contributed by atoms with E-state index in [9.17, 15) is 4.79 Å². The molecule has 0 aliphatic rings. The van der Waals surface area contributed by atoms with E-state index in [2.05, 4.69) is 21.2 Å². The van der Waals surface area contributed by atoms with Crippen molar-refractivity contribution in [2.24, 2.45) is 0 Å². The summed E-state index contributed by atoms with van der Waals surface area (Å²) in [6, 6.07) is 12.3. The fourth-order valence-electron chi connectivity index (χ4n) is 1.72. The standard InChI is InChI=1S/C15H15BrN2O2/c1-2-20-12-5-3-4-10(8-12)15(19)18-14-7-6-11(17)9-13(14)16/h3-9H,2,17H2,1H3,(H,18,19). The second-order valence-electron chi connectivity index (χ2n) is 4.15. The molecule has 0 saturated carbocycles. The van der Waals surface area contributed by atoms with Crippen molar-refractivity contribution in [3.05, 3.63) is 52.5 Å². The third-order valence-electron chi connectivity index (χ3n) is 2.65. The zero-order chi connectivity index (χ0) is 14.5. The molecule has 0 aromatic heterocycles. The van der Waals surface area contributed by atoms with Gasteiger partial charge in [-0.2, -0.15) is 0 Å². The Morgan fingerprint density at radius 1 is 1.30 bits per heavy atom. The topological polar surface area (TPSA) is 64.3 Å². The van der Waals surface area contributed by atoms with Gasteiger partial charge in [-0.15, -0.1) is 0 Å². The number of nitrogen functional groups attached to an aromatic ring is 1. The van der Waals surface area contributed by atoms with Gasteiger partial charge in [-0.3, -0.25) is 4.79 Å². The van der Waals surface area contributed by atoms with E-state index < -0.39 is 0 Å². The summed E-state index contributed by atoms with van der Waals surface area (Å²) in [7, 11) is 0. The van der Waals surface area contributed by atoms with Gasteiger partial charge in [0.25, 0.3) is 5.91 Å². The molecule has 2 aromatic rings. The van der Waals surface area contributed by atoms with Gasteiger partial charge in [0.15, 0.2) is 0 Å². The minimum Gasteiger partial charge on any atom is -0.494 e. The smallest absolute Gasteiger partial charge is 0.255 e.